The zero-order valence-corrected chi connectivity index (χ0v) is 11.8. The Kier molecular flexibility index (Phi) is 13.8. The number of methoxy groups -OCH3 is 1. The molecule has 0 saturated carbocycles. The lowest BCUT2D eigenvalue weighted by atomic mass is 10.3. The molecule has 0 spiro atoms. The summed E-state index contributed by atoms with van der Waals surface area (Å²) in [5, 5.41) is 3.35. The van der Waals surface area contributed by atoms with E-state index in [2.05, 4.69) is 10.2 Å². The van der Waals surface area contributed by atoms with Gasteiger partial charge in [-0.25, -0.2) is 0 Å². The number of ether oxygens (including phenoxy) is 2. The molecule has 0 amide bonds. The number of rotatable bonds is 8. The van der Waals surface area contributed by atoms with Crippen LogP contribution in [0.4, 0.5) is 0 Å². The van der Waals surface area contributed by atoms with Crippen molar-refractivity contribution in [2.75, 3.05) is 59.7 Å². The van der Waals surface area contributed by atoms with Crippen LogP contribution in [0.3, 0.4) is 0 Å². The molecule has 0 aliphatic carbocycles. The summed E-state index contributed by atoms with van der Waals surface area (Å²) in [7, 11) is 1.73. The molecule has 1 saturated heterocycles. The molecule has 0 atom stereocenters. The minimum absolute atomic E-state index is 0.803. The van der Waals surface area contributed by atoms with Gasteiger partial charge in [-0.05, 0) is 12.8 Å². The second-order valence-corrected chi connectivity index (χ2v) is 3.90. The second-order valence-electron chi connectivity index (χ2n) is 3.90. The van der Waals surface area contributed by atoms with Crippen molar-refractivity contribution in [2.45, 2.75) is 26.7 Å². The molecule has 1 N–H and O–H groups in total. The smallest absolute Gasteiger partial charge is 0.0487 e. The van der Waals surface area contributed by atoms with Crippen LogP contribution < -0.4 is 5.32 Å². The van der Waals surface area contributed by atoms with Crippen molar-refractivity contribution in [3.63, 3.8) is 0 Å². The Bertz CT molecular complexity index is 139. The molecule has 0 aromatic heterocycles. The first-order chi connectivity index (χ1) is 8.43. The molecule has 4 heteroatoms. The van der Waals surface area contributed by atoms with Crippen molar-refractivity contribution in [2.24, 2.45) is 0 Å². The fourth-order valence-electron chi connectivity index (χ4n) is 1.73. The van der Waals surface area contributed by atoms with Gasteiger partial charge in [-0.3, -0.25) is 0 Å². The Morgan fingerprint density at radius 2 is 1.65 bits per heavy atom. The van der Waals surface area contributed by atoms with E-state index in [1.807, 2.05) is 13.8 Å². The van der Waals surface area contributed by atoms with E-state index < -0.39 is 0 Å². The summed E-state index contributed by atoms with van der Waals surface area (Å²) in [5.41, 5.74) is 0. The van der Waals surface area contributed by atoms with Crippen LogP contribution in [-0.2, 0) is 9.47 Å². The van der Waals surface area contributed by atoms with Crippen molar-refractivity contribution >= 4 is 0 Å². The third-order valence-electron chi connectivity index (χ3n) is 2.61. The van der Waals surface area contributed by atoms with Crippen LogP contribution in [-0.4, -0.2) is 64.6 Å². The topological polar surface area (TPSA) is 33.7 Å². The van der Waals surface area contributed by atoms with Crippen LogP contribution in [0.25, 0.3) is 0 Å². The van der Waals surface area contributed by atoms with E-state index in [1.165, 1.54) is 19.6 Å². The van der Waals surface area contributed by atoms with Gasteiger partial charge in [-0.1, -0.05) is 13.8 Å². The van der Waals surface area contributed by atoms with Gasteiger partial charge in [-0.15, -0.1) is 0 Å². The number of nitrogens with zero attached hydrogens (tertiary/aromatic N) is 1. The molecule has 104 valence electrons. The Labute approximate surface area is 107 Å². The molecular weight excluding hydrogens is 216 g/mol. The monoisotopic (exact) mass is 246 g/mol. The number of hydrogen-bond donors (Lipinski definition) is 1. The second kappa shape index (κ2) is 13.9. The molecule has 4 nitrogen and oxygen atoms in total. The molecule has 0 aromatic rings. The van der Waals surface area contributed by atoms with Crippen molar-refractivity contribution in [3.8, 4) is 0 Å². The standard InChI is InChI=1S/C11H24N2O2.C2H6/c1-14-9-3-11-15-10-2-6-13-7-4-12-5-8-13;1-2/h12H,2-11H2,1H3;1-2H3. The largest absolute Gasteiger partial charge is 0.385 e. The third-order valence-corrected chi connectivity index (χ3v) is 2.61. The molecule has 0 aromatic carbocycles. The summed E-state index contributed by atoms with van der Waals surface area (Å²) in [6.45, 7) is 12.3. The van der Waals surface area contributed by atoms with Gasteiger partial charge in [0.2, 0.25) is 0 Å². The molecule has 1 aliphatic rings. The lowest BCUT2D eigenvalue weighted by Crippen LogP contribution is -2.43. The fourth-order valence-corrected chi connectivity index (χ4v) is 1.73. The molecule has 0 unspecified atom stereocenters. The summed E-state index contributed by atoms with van der Waals surface area (Å²) < 4.78 is 10.5. The molecule has 0 radical (unpaired) electrons. The molecule has 17 heavy (non-hydrogen) atoms. The van der Waals surface area contributed by atoms with Gasteiger partial charge in [0.15, 0.2) is 0 Å². The quantitative estimate of drug-likeness (QED) is 0.656. The van der Waals surface area contributed by atoms with E-state index in [9.17, 15) is 0 Å². The van der Waals surface area contributed by atoms with Gasteiger partial charge >= 0.3 is 0 Å². The molecule has 1 rings (SSSR count). The first-order valence-corrected chi connectivity index (χ1v) is 6.93. The molecule has 1 aliphatic heterocycles. The van der Waals surface area contributed by atoms with Crippen molar-refractivity contribution in [3.05, 3.63) is 0 Å². The summed E-state index contributed by atoms with van der Waals surface area (Å²) in [5.74, 6) is 0. The summed E-state index contributed by atoms with van der Waals surface area (Å²) in [6, 6.07) is 0. The van der Waals surface area contributed by atoms with E-state index in [0.717, 1.165) is 45.8 Å². The van der Waals surface area contributed by atoms with Crippen molar-refractivity contribution in [1.29, 1.82) is 0 Å². The molecular formula is C13H30N2O2. The summed E-state index contributed by atoms with van der Waals surface area (Å²) >= 11 is 0. The van der Waals surface area contributed by atoms with E-state index in [4.69, 9.17) is 9.47 Å². The number of piperazine rings is 1. The highest BCUT2D eigenvalue weighted by Crippen LogP contribution is 1.95. The van der Waals surface area contributed by atoms with Crippen LogP contribution in [0.5, 0.6) is 0 Å². The van der Waals surface area contributed by atoms with Gasteiger partial charge in [0.1, 0.15) is 0 Å². The fraction of sp³-hybridized carbons (Fsp3) is 1.00. The predicted octanol–water partition coefficient (Wildman–Crippen LogP) is 1.36. The van der Waals surface area contributed by atoms with Gasteiger partial charge in [-0.2, -0.15) is 0 Å². The van der Waals surface area contributed by atoms with E-state index in [-0.39, 0.29) is 0 Å². The maximum Gasteiger partial charge on any atom is 0.0487 e. The van der Waals surface area contributed by atoms with Crippen LogP contribution in [0.1, 0.15) is 26.7 Å². The SMILES string of the molecule is CC.COCCCOCCCN1CCNCC1. The first kappa shape index (κ1) is 16.8. The molecule has 0 bridgehead atoms. The lowest BCUT2D eigenvalue weighted by Gasteiger charge is -2.26. The first-order valence-electron chi connectivity index (χ1n) is 6.93. The number of hydrogen-bond acceptors (Lipinski definition) is 4. The molecule has 1 heterocycles. The van der Waals surface area contributed by atoms with Crippen molar-refractivity contribution in [1.82, 2.24) is 10.2 Å². The lowest BCUT2D eigenvalue weighted by molar-refractivity contribution is 0.0938. The number of nitrogens with one attached hydrogen (secondary N) is 1. The highest BCUT2D eigenvalue weighted by molar-refractivity contribution is 4.66. The highest BCUT2D eigenvalue weighted by Gasteiger charge is 2.07. The maximum absolute atomic E-state index is 5.50. The van der Waals surface area contributed by atoms with E-state index >= 15 is 0 Å². The Balaban J connectivity index is 0.00000121. The van der Waals surface area contributed by atoms with Crippen LogP contribution in [0.2, 0.25) is 0 Å². The Hall–Kier alpha value is -0.160. The highest BCUT2D eigenvalue weighted by atomic mass is 16.5. The van der Waals surface area contributed by atoms with Crippen LogP contribution >= 0.6 is 0 Å². The zero-order valence-electron chi connectivity index (χ0n) is 11.8. The average molecular weight is 246 g/mol. The van der Waals surface area contributed by atoms with Gasteiger partial charge in [0, 0.05) is 59.7 Å². The summed E-state index contributed by atoms with van der Waals surface area (Å²) in [4.78, 5) is 2.50. The van der Waals surface area contributed by atoms with Crippen LogP contribution in [0, 0.1) is 0 Å². The zero-order chi connectivity index (χ0) is 12.8. The van der Waals surface area contributed by atoms with E-state index in [0.29, 0.717) is 0 Å². The van der Waals surface area contributed by atoms with Crippen LogP contribution in [0.15, 0.2) is 0 Å². The average Bonchev–Trinajstić information content (AvgIpc) is 2.41. The van der Waals surface area contributed by atoms with Crippen molar-refractivity contribution < 1.29 is 9.47 Å². The molecule has 1 fully saturated rings. The van der Waals surface area contributed by atoms with Gasteiger partial charge in [0.05, 0.1) is 0 Å². The third kappa shape index (κ3) is 10.7. The minimum atomic E-state index is 0.803. The normalized spacial score (nSPS) is 16.4. The predicted molar refractivity (Wildman–Crippen MR) is 72.6 cm³/mol. The van der Waals surface area contributed by atoms with Gasteiger partial charge < -0.3 is 19.7 Å². The maximum atomic E-state index is 5.50. The minimum Gasteiger partial charge on any atom is -0.385 e. The Morgan fingerprint density at radius 3 is 2.29 bits per heavy atom. The Morgan fingerprint density at radius 1 is 1.00 bits per heavy atom. The summed E-state index contributed by atoms with van der Waals surface area (Å²) in [6.07, 6.45) is 2.15. The van der Waals surface area contributed by atoms with Gasteiger partial charge in [0.25, 0.3) is 0 Å². The van der Waals surface area contributed by atoms with E-state index in [1.54, 1.807) is 7.11 Å².